The van der Waals surface area contributed by atoms with Crippen molar-refractivity contribution in [2.75, 3.05) is 0 Å². The van der Waals surface area contributed by atoms with E-state index in [9.17, 15) is 0 Å². The molecule has 0 fully saturated rings. The van der Waals surface area contributed by atoms with Crippen molar-refractivity contribution in [3.05, 3.63) is 60.8 Å². The fourth-order valence-electron chi connectivity index (χ4n) is 0.920. The summed E-state index contributed by atoms with van der Waals surface area (Å²) in [5.74, 6) is 0. The summed E-state index contributed by atoms with van der Waals surface area (Å²) >= 11 is 0. The topological polar surface area (TPSA) is 0 Å². The zero-order chi connectivity index (χ0) is 8.49. The average Bonchev–Trinajstić information content (AvgIpc) is 2.05. The highest BCUT2D eigenvalue weighted by Crippen LogP contribution is 1.93. The molecule has 0 saturated heterocycles. The molecule has 1 aliphatic rings. The Bertz CT molecular complexity index is 211. The third kappa shape index (κ3) is 4.51. The number of rotatable bonds is 0. The Morgan fingerprint density at radius 1 is 0.417 bits per heavy atom. The molecule has 12 heavy (non-hydrogen) atoms. The Balaban J connectivity index is 2.55. The van der Waals surface area contributed by atoms with Gasteiger partial charge in [0.2, 0.25) is 0 Å². The van der Waals surface area contributed by atoms with Gasteiger partial charge < -0.3 is 0 Å². The maximum absolute atomic E-state index is 2.18. The minimum absolute atomic E-state index is 1.03. The Labute approximate surface area is 74.3 Å². The smallest absolute Gasteiger partial charge is 0.0166 e. The van der Waals surface area contributed by atoms with Crippen LogP contribution in [0.15, 0.2) is 60.8 Å². The van der Waals surface area contributed by atoms with Crippen LogP contribution in [0, 0.1) is 0 Å². The third-order valence-corrected chi connectivity index (χ3v) is 1.54. The second kappa shape index (κ2) is 6.41. The molecule has 0 aromatic carbocycles. The number of hydrogen-bond donors (Lipinski definition) is 0. The first-order valence-corrected chi connectivity index (χ1v) is 4.30. The van der Waals surface area contributed by atoms with Gasteiger partial charge in [-0.05, 0) is 12.8 Å². The second-order valence-corrected chi connectivity index (χ2v) is 2.57. The molecule has 1 aliphatic carbocycles. The molecule has 0 heteroatoms. The van der Waals surface area contributed by atoms with Crippen molar-refractivity contribution in [1.29, 1.82) is 0 Å². The van der Waals surface area contributed by atoms with Crippen LogP contribution >= 0.6 is 0 Å². The highest BCUT2D eigenvalue weighted by molar-refractivity contribution is 5.16. The predicted molar refractivity (Wildman–Crippen MR) is 54.9 cm³/mol. The fraction of sp³-hybridized carbons (Fsp3) is 0.167. The molecule has 0 aliphatic heterocycles. The van der Waals surface area contributed by atoms with Crippen molar-refractivity contribution in [3.8, 4) is 0 Å². The summed E-state index contributed by atoms with van der Waals surface area (Å²) in [4.78, 5) is 0. The highest BCUT2D eigenvalue weighted by Gasteiger charge is 1.72. The van der Waals surface area contributed by atoms with Crippen LogP contribution in [0.4, 0.5) is 0 Å². The first-order valence-electron chi connectivity index (χ1n) is 4.30. The van der Waals surface area contributed by atoms with Crippen molar-refractivity contribution in [2.45, 2.75) is 12.8 Å². The molecule has 0 spiro atoms. The molecule has 0 saturated carbocycles. The van der Waals surface area contributed by atoms with E-state index in [0.29, 0.717) is 0 Å². The second-order valence-electron chi connectivity index (χ2n) is 2.57. The summed E-state index contributed by atoms with van der Waals surface area (Å²) in [7, 11) is 0. The average molecular weight is 158 g/mol. The number of hydrogen-bond acceptors (Lipinski definition) is 0. The largest absolute Gasteiger partial charge is 0.0844 e. The highest BCUT2D eigenvalue weighted by atomic mass is 13.8. The van der Waals surface area contributed by atoms with E-state index in [2.05, 4.69) is 36.5 Å². The molecule has 0 heterocycles. The molecule has 1 rings (SSSR count). The van der Waals surface area contributed by atoms with Gasteiger partial charge in [0.05, 0.1) is 0 Å². The summed E-state index contributed by atoms with van der Waals surface area (Å²) in [6.07, 6.45) is 23.0. The van der Waals surface area contributed by atoms with Crippen molar-refractivity contribution >= 4 is 0 Å². The van der Waals surface area contributed by atoms with Gasteiger partial charge in [0, 0.05) is 0 Å². The lowest BCUT2D eigenvalue weighted by atomic mass is 10.2. The van der Waals surface area contributed by atoms with Crippen LogP contribution in [-0.2, 0) is 0 Å². The van der Waals surface area contributed by atoms with Crippen molar-refractivity contribution in [1.82, 2.24) is 0 Å². The van der Waals surface area contributed by atoms with Crippen molar-refractivity contribution < 1.29 is 0 Å². The predicted octanol–water partition coefficient (Wildman–Crippen LogP) is 3.56. The molecule has 0 N–H and O–H groups in total. The van der Waals surface area contributed by atoms with E-state index < -0.39 is 0 Å². The summed E-state index contributed by atoms with van der Waals surface area (Å²) in [5, 5.41) is 0. The van der Waals surface area contributed by atoms with E-state index in [-0.39, 0.29) is 0 Å². The van der Waals surface area contributed by atoms with Crippen LogP contribution in [0.3, 0.4) is 0 Å². The van der Waals surface area contributed by atoms with Gasteiger partial charge in [0.1, 0.15) is 0 Å². The summed E-state index contributed by atoms with van der Waals surface area (Å²) in [5.41, 5.74) is 0. The minimum atomic E-state index is 1.03. The SMILES string of the molecule is C1=C\C=C/C/C=C\C/C=C\C=C/1. The standard InChI is InChI=1S/C12H14/c1-2-4-6-8-10-12-11-9-7-5-3-1/h1-8,11-12H,9-10H2/b3-1-,4-2-,7-5-,8-6-,12-11-. The molecule has 0 unspecified atom stereocenters. The lowest BCUT2D eigenvalue weighted by Crippen LogP contribution is -1.62. The van der Waals surface area contributed by atoms with Crippen LogP contribution in [0.25, 0.3) is 0 Å². The van der Waals surface area contributed by atoms with Gasteiger partial charge in [0.15, 0.2) is 0 Å². The molecule has 0 atom stereocenters. The normalized spacial score (nSPS) is 30.7. The molecule has 0 nitrogen and oxygen atoms in total. The minimum Gasteiger partial charge on any atom is -0.0844 e. The Morgan fingerprint density at radius 3 is 1.33 bits per heavy atom. The van der Waals surface area contributed by atoms with Crippen LogP contribution in [0.5, 0.6) is 0 Å². The molecule has 0 aromatic rings. The summed E-state index contributed by atoms with van der Waals surface area (Å²) in [6, 6.07) is 0. The van der Waals surface area contributed by atoms with Crippen LogP contribution in [0.1, 0.15) is 12.8 Å². The monoisotopic (exact) mass is 158 g/mol. The summed E-state index contributed by atoms with van der Waals surface area (Å²) < 4.78 is 0. The summed E-state index contributed by atoms with van der Waals surface area (Å²) in [6.45, 7) is 0. The van der Waals surface area contributed by atoms with E-state index in [1.807, 2.05) is 24.3 Å². The van der Waals surface area contributed by atoms with Gasteiger partial charge >= 0.3 is 0 Å². The Morgan fingerprint density at radius 2 is 0.833 bits per heavy atom. The van der Waals surface area contributed by atoms with Gasteiger partial charge in [-0.2, -0.15) is 0 Å². The van der Waals surface area contributed by atoms with Crippen molar-refractivity contribution in [2.24, 2.45) is 0 Å². The zero-order valence-corrected chi connectivity index (χ0v) is 7.19. The van der Waals surface area contributed by atoms with E-state index in [1.165, 1.54) is 0 Å². The molecule has 0 radical (unpaired) electrons. The van der Waals surface area contributed by atoms with Gasteiger partial charge in [-0.3, -0.25) is 0 Å². The molecule has 0 amide bonds. The molecule has 62 valence electrons. The van der Waals surface area contributed by atoms with E-state index in [1.54, 1.807) is 0 Å². The van der Waals surface area contributed by atoms with Gasteiger partial charge in [-0.1, -0.05) is 60.8 Å². The van der Waals surface area contributed by atoms with Gasteiger partial charge in [-0.25, -0.2) is 0 Å². The van der Waals surface area contributed by atoms with Gasteiger partial charge in [-0.15, -0.1) is 0 Å². The number of allylic oxidation sites excluding steroid dienone is 10. The lowest BCUT2D eigenvalue weighted by Gasteiger charge is -1.83. The molecular formula is C12H14. The first kappa shape index (κ1) is 8.79. The Hall–Kier alpha value is -1.30. The molecule has 0 bridgehead atoms. The molecule has 0 aromatic heterocycles. The maximum Gasteiger partial charge on any atom is -0.0166 e. The van der Waals surface area contributed by atoms with Gasteiger partial charge in [0.25, 0.3) is 0 Å². The lowest BCUT2D eigenvalue weighted by molar-refractivity contribution is 1.31. The van der Waals surface area contributed by atoms with E-state index in [0.717, 1.165) is 12.8 Å². The van der Waals surface area contributed by atoms with Crippen LogP contribution < -0.4 is 0 Å². The van der Waals surface area contributed by atoms with Crippen LogP contribution in [-0.4, -0.2) is 0 Å². The van der Waals surface area contributed by atoms with Crippen LogP contribution in [0.2, 0.25) is 0 Å². The third-order valence-electron chi connectivity index (χ3n) is 1.54. The van der Waals surface area contributed by atoms with Crippen molar-refractivity contribution in [3.63, 3.8) is 0 Å². The van der Waals surface area contributed by atoms with E-state index in [4.69, 9.17) is 0 Å². The first-order chi connectivity index (χ1) is 6.00. The fourth-order valence-corrected chi connectivity index (χ4v) is 0.920. The quantitative estimate of drug-likeness (QED) is 0.473. The zero-order valence-electron chi connectivity index (χ0n) is 7.19. The molecular weight excluding hydrogens is 144 g/mol. The maximum atomic E-state index is 2.18. The van der Waals surface area contributed by atoms with E-state index >= 15 is 0 Å². The Kier molecular flexibility index (Phi) is 4.70.